The number of fused-ring (bicyclic) bond motifs is 3. The van der Waals surface area contributed by atoms with Crippen molar-refractivity contribution in [2.24, 2.45) is 0 Å². The van der Waals surface area contributed by atoms with Gasteiger partial charge in [0, 0.05) is 18.1 Å². The Bertz CT molecular complexity index is 1180. The van der Waals surface area contributed by atoms with E-state index < -0.39 is 9.84 Å². The van der Waals surface area contributed by atoms with Crippen LogP contribution in [0.25, 0.3) is 10.9 Å². The molecule has 2 N–H and O–H groups in total. The van der Waals surface area contributed by atoms with Crippen LogP contribution in [0.4, 0.5) is 5.69 Å². The van der Waals surface area contributed by atoms with Crippen LogP contribution >= 0.6 is 0 Å². The Hall–Kier alpha value is -3.11. The van der Waals surface area contributed by atoms with E-state index in [0.717, 1.165) is 5.56 Å². The molecule has 0 saturated carbocycles. The van der Waals surface area contributed by atoms with Gasteiger partial charge in [-0.15, -0.1) is 0 Å². The highest BCUT2D eigenvalue weighted by molar-refractivity contribution is 7.91. The second-order valence-electron chi connectivity index (χ2n) is 6.19. The molecule has 2 aromatic carbocycles. The molecule has 6 nitrogen and oxygen atoms in total. The van der Waals surface area contributed by atoms with E-state index in [0.29, 0.717) is 45.6 Å². The average Bonchev–Trinajstić information content (AvgIpc) is 2.94. The number of phenolic OH excluding ortho intramolecular Hbond substituents is 1. The summed E-state index contributed by atoms with van der Waals surface area (Å²) in [5.41, 5.74) is 3.15. The van der Waals surface area contributed by atoms with E-state index in [1.54, 1.807) is 30.3 Å². The number of pyridine rings is 1. The van der Waals surface area contributed by atoms with Gasteiger partial charge < -0.3 is 10.4 Å². The van der Waals surface area contributed by atoms with Gasteiger partial charge in [0.15, 0.2) is 9.84 Å². The molecule has 1 aliphatic heterocycles. The van der Waals surface area contributed by atoms with Gasteiger partial charge in [-0.05, 0) is 41.8 Å². The summed E-state index contributed by atoms with van der Waals surface area (Å²) in [6, 6.07) is 12.2. The summed E-state index contributed by atoms with van der Waals surface area (Å²) in [6.07, 6.45) is 1.90. The average molecular weight is 365 g/mol. The molecule has 3 aromatic rings. The third-order valence-corrected chi connectivity index (χ3v) is 6.35. The van der Waals surface area contributed by atoms with Crippen molar-refractivity contribution < 1.29 is 13.5 Å². The lowest BCUT2D eigenvalue weighted by Crippen LogP contribution is -2.04. The Morgan fingerprint density at radius 2 is 2.12 bits per heavy atom. The fraction of sp³-hybridized carbons (Fsp3) is 0.158. The molecule has 7 heteroatoms. The second kappa shape index (κ2) is 6.00. The number of hydrogen-bond donors (Lipinski definition) is 2. The highest BCUT2D eigenvalue weighted by Crippen LogP contribution is 2.37. The maximum Gasteiger partial charge on any atom is 0.179 e. The molecule has 0 aliphatic carbocycles. The minimum absolute atomic E-state index is 0.0736. The van der Waals surface area contributed by atoms with E-state index in [4.69, 9.17) is 0 Å². The van der Waals surface area contributed by atoms with Crippen LogP contribution in [-0.4, -0.2) is 24.3 Å². The van der Waals surface area contributed by atoms with Gasteiger partial charge in [-0.2, -0.15) is 5.26 Å². The molecule has 26 heavy (non-hydrogen) atoms. The van der Waals surface area contributed by atoms with E-state index in [9.17, 15) is 18.8 Å². The molecular weight excluding hydrogens is 350 g/mol. The summed E-state index contributed by atoms with van der Waals surface area (Å²) in [4.78, 5) is 4.63. The number of hydrogen-bond acceptors (Lipinski definition) is 6. The van der Waals surface area contributed by atoms with Crippen molar-refractivity contribution in [2.45, 2.75) is 17.9 Å². The highest BCUT2D eigenvalue weighted by Gasteiger charge is 2.29. The van der Waals surface area contributed by atoms with Gasteiger partial charge in [0.25, 0.3) is 0 Å². The van der Waals surface area contributed by atoms with Crippen LogP contribution in [0.15, 0.2) is 47.5 Å². The number of aromatic nitrogens is 1. The van der Waals surface area contributed by atoms with Gasteiger partial charge >= 0.3 is 0 Å². The molecule has 4 rings (SSSR count). The second-order valence-corrected chi connectivity index (χ2v) is 8.26. The molecule has 1 aromatic heterocycles. The van der Waals surface area contributed by atoms with Gasteiger partial charge in [-0.3, -0.25) is 4.98 Å². The molecular formula is C19H15N3O3S. The predicted molar refractivity (Wildman–Crippen MR) is 97.6 cm³/mol. The molecule has 0 atom stereocenters. The molecule has 130 valence electrons. The molecule has 0 radical (unpaired) electrons. The van der Waals surface area contributed by atoms with Gasteiger partial charge in [-0.1, -0.05) is 12.1 Å². The highest BCUT2D eigenvalue weighted by atomic mass is 32.2. The molecule has 0 saturated heterocycles. The van der Waals surface area contributed by atoms with Crippen LogP contribution in [0, 0.1) is 11.3 Å². The standard InChI is InChI=1S/C19H15N3O3S/c20-9-13-11-21-16-4-5-17-15(6-7-26(17,24)25)18(16)19(13)22-10-12-2-1-3-14(23)8-12/h1-5,8,11,23H,6-7,10H2,(H,21,22). The maximum absolute atomic E-state index is 12.2. The van der Waals surface area contributed by atoms with Crippen molar-refractivity contribution >= 4 is 26.4 Å². The Morgan fingerprint density at radius 3 is 2.88 bits per heavy atom. The van der Waals surface area contributed by atoms with Crippen molar-refractivity contribution in [1.29, 1.82) is 5.26 Å². The van der Waals surface area contributed by atoms with E-state index in [2.05, 4.69) is 16.4 Å². The van der Waals surface area contributed by atoms with Gasteiger partial charge in [0.1, 0.15) is 11.8 Å². The Balaban J connectivity index is 1.87. The number of phenols is 1. The van der Waals surface area contributed by atoms with Gasteiger partial charge in [0.2, 0.25) is 0 Å². The molecule has 0 fully saturated rings. The third kappa shape index (κ3) is 2.65. The summed E-state index contributed by atoms with van der Waals surface area (Å²) < 4.78 is 24.5. The topological polar surface area (TPSA) is 103 Å². The van der Waals surface area contributed by atoms with Gasteiger partial charge in [0.05, 0.1) is 27.4 Å². The first-order valence-electron chi connectivity index (χ1n) is 8.09. The normalized spacial score (nSPS) is 14.7. The molecule has 1 aliphatic rings. The Morgan fingerprint density at radius 1 is 1.27 bits per heavy atom. The van der Waals surface area contributed by atoms with Crippen LogP contribution in [-0.2, 0) is 22.8 Å². The van der Waals surface area contributed by atoms with Crippen molar-refractivity contribution in [2.75, 3.05) is 11.1 Å². The smallest absolute Gasteiger partial charge is 0.179 e. The molecule has 0 unspecified atom stereocenters. The van der Waals surface area contributed by atoms with Crippen LogP contribution in [0.1, 0.15) is 16.7 Å². The van der Waals surface area contributed by atoms with Crippen LogP contribution in [0.2, 0.25) is 0 Å². The summed E-state index contributed by atoms with van der Waals surface area (Å²) in [7, 11) is -3.28. The first kappa shape index (κ1) is 16.4. The summed E-state index contributed by atoms with van der Waals surface area (Å²) in [5.74, 6) is 0.237. The fourth-order valence-electron chi connectivity index (χ4n) is 3.35. The number of sulfone groups is 1. The van der Waals surface area contributed by atoms with Crippen LogP contribution in [0.3, 0.4) is 0 Å². The number of aryl methyl sites for hydroxylation is 1. The lowest BCUT2D eigenvalue weighted by Gasteiger charge is -2.14. The zero-order chi connectivity index (χ0) is 18.3. The Labute approximate surface area is 150 Å². The minimum atomic E-state index is -3.28. The predicted octanol–water partition coefficient (Wildman–Crippen LogP) is 2.75. The van der Waals surface area contributed by atoms with E-state index >= 15 is 0 Å². The zero-order valence-corrected chi connectivity index (χ0v) is 14.5. The summed E-state index contributed by atoms with van der Waals surface area (Å²) >= 11 is 0. The van der Waals surface area contributed by atoms with Crippen molar-refractivity contribution in [3.05, 3.63) is 59.3 Å². The number of nitrogens with zero attached hydrogens (tertiary/aromatic N) is 2. The van der Waals surface area contributed by atoms with E-state index in [-0.39, 0.29) is 11.5 Å². The SMILES string of the molecule is N#Cc1cnc2ccc3c(c2c1NCc1cccc(O)c1)CCS3(=O)=O. The lowest BCUT2D eigenvalue weighted by atomic mass is 10.0. The lowest BCUT2D eigenvalue weighted by molar-refractivity contribution is 0.474. The number of benzene rings is 2. The zero-order valence-electron chi connectivity index (χ0n) is 13.7. The summed E-state index contributed by atoms with van der Waals surface area (Å²) in [6.45, 7) is 0.388. The number of rotatable bonds is 3. The van der Waals surface area contributed by atoms with Crippen molar-refractivity contribution in [3.63, 3.8) is 0 Å². The van der Waals surface area contributed by atoms with Crippen molar-refractivity contribution in [1.82, 2.24) is 4.98 Å². The molecule has 0 spiro atoms. The number of nitriles is 1. The van der Waals surface area contributed by atoms with E-state index in [1.165, 1.54) is 6.20 Å². The fourth-order valence-corrected chi connectivity index (χ4v) is 4.90. The first-order chi connectivity index (χ1) is 12.5. The van der Waals surface area contributed by atoms with Gasteiger partial charge in [-0.25, -0.2) is 8.42 Å². The van der Waals surface area contributed by atoms with Crippen LogP contribution in [0.5, 0.6) is 5.75 Å². The number of anilines is 1. The van der Waals surface area contributed by atoms with Crippen LogP contribution < -0.4 is 5.32 Å². The first-order valence-corrected chi connectivity index (χ1v) is 9.74. The quantitative estimate of drug-likeness (QED) is 0.740. The molecule has 2 heterocycles. The molecule has 0 amide bonds. The van der Waals surface area contributed by atoms with E-state index in [1.807, 2.05) is 6.07 Å². The number of nitrogens with one attached hydrogen (secondary N) is 1. The van der Waals surface area contributed by atoms with Crippen molar-refractivity contribution in [3.8, 4) is 11.8 Å². The maximum atomic E-state index is 12.2. The molecule has 0 bridgehead atoms. The largest absolute Gasteiger partial charge is 0.508 e. The third-order valence-electron chi connectivity index (χ3n) is 4.56. The monoisotopic (exact) mass is 365 g/mol. The number of aromatic hydroxyl groups is 1. The minimum Gasteiger partial charge on any atom is -0.508 e. The Kier molecular flexibility index (Phi) is 3.78. The summed E-state index contributed by atoms with van der Waals surface area (Å²) in [5, 5.41) is 23.0.